The molecule has 0 fully saturated rings. The van der Waals surface area contributed by atoms with Gasteiger partial charge >= 0.3 is 0 Å². The van der Waals surface area contributed by atoms with Crippen molar-refractivity contribution in [2.75, 3.05) is 16.8 Å². The van der Waals surface area contributed by atoms with Crippen molar-refractivity contribution >= 4 is 23.2 Å². The molecular weight excluding hydrogens is 304 g/mol. The van der Waals surface area contributed by atoms with Gasteiger partial charge in [-0.25, -0.2) is 0 Å². The van der Waals surface area contributed by atoms with Crippen LogP contribution in [0.1, 0.15) is 19.4 Å². The van der Waals surface area contributed by atoms with E-state index in [-0.39, 0.29) is 11.8 Å². The zero-order chi connectivity index (χ0) is 17.1. The number of rotatable bonds is 4. The monoisotopic (exact) mass is 324 g/mol. The smallest absolute Gasteiger partial charge is 0.265 e. The number of benzene rings is 2. The SMILES string of the molecule is CC(=O)N1CCc2cc(NC(=O)[C@@H](C)Oc3ccccc3)ccc21. The van der Waals surface area contributed by atoms with Crippen molar-refractivity contribution < 1.29 is 14.3 Å². The number of hydrogen-bond donors (Lipinski definition) is 1. The number of carbonyl (C=O) groups excluding carboxylic acids is 2. The molecule has 0 aromatic heterocycles. The summed E-state index contributed by atoms with van der Waals surface area (Å²) < 4.78 is 5.62. The van der Waals surface area contributed by atoms with Gasteiger partial charge in [0.15, 0.2) is 6.10 Å². The van der Waals surface area contributed by atoms with Gasteiger partial charge in [0.25, 0.3) is 5.91 Å². The average molecular weight is 324 g/mol. The third-order valence-corrected chi connectivity index (χ3v) is 4.05. The van der Waals surface area contributed by atoms with Crippen molar-refractivity contribution in [2.24, 2.45) is 0 Å². The zero-order valence-corrected chi connectivity index (χ0v) is 13.8. The highest BCUT2D eigenvalue weighted by Crippen LogP contribution is 2.30. The molecule has 24 heavy (non-hydrogen) atoms. The molecule has 124 valence electrons. The minimum atomic E-state index is -0.602. The normalized spacial score (nSPS) is 14.0. The van der Waals surface area contributed by atoms with E-state index in [4.69, 9.17) is 4.74 Å². The quantitative estimate of drug-likeness (QED) is 0.940. The molecule has 1 heterocycles. The Bertz CT molecular complexity index is 758. The standard InChI is InChI=1S/C19H20N2O3/c1-13(24-17-6-4-3-5-7-17)19(23)20-16-8-9-18-15(12-16)10-11-21(18)14(2)22/h3-9,12-13H,10-11H2,1-2H3,(H,20,23)/t13-/m1/s1. The van der Waals surface area contributed by atoms with Crippen molar-refractivity contribution in [2.45, 2.75) is 26.4 Å². The Hall–Kier alpha value is -2.82. The van der Waals surface area contributed by atoms with Crippen LogP contribution >= 0.6 is 0 Å². The van der Waals surface area contributed by atoms with Crippen molar-refractivity contribution in [3.05, 3.63) is 54.1 Å². The number of fused-ring (bicyclic) bond motifs is 1. The molecule has 2 aromatic carbocycles. The van der Waals surface area contributed by atoms with Gasteiger partial charge in [-0.2, -0.15) is 0 Å². The maximum absolute atomic E-state index is 12.3. The molecule has 0 saturated heterocycles. The summed E-state index contributed by atoms with van der Waals surface area (Å²) in [6.45, 7) is 3.97. The van der Waals surface area contributed by atoms with Crippen LogP contribution in [0.15, 0.2) is 48.5 Å². The number of ether oxygens (including phenoxy) is 1. The van der Waals surface area contributed by atoms with Gasteiger partial charge in [-0.3, -0.25) is 9.59 Å². The van der Waals surface area contributed by atoms with E-state index in [1.54, 1.807) is 18.7 Å². The summed E-state index contributed by atoms with van der Waals surface area (Å²) in [6.07, 6.45) is 0.198. The lowest BCUT2D eigenvalue weighted by molar-refractivity contribution is -0.122. The maximum atomic E-state index is 12.3. The van der Waals surface area contributed by atoms with Crippen molar-refractivity contribution in [1.82, 2.24) is 0 Å². The molecule has 5 nitrogen and oxygen atoms in total. The van der Waals surface area contributed by atoms with Gasteiger partial charge in [-0.05, 0) is 49.2 Å². The number of para-hydroxylation sites is 1. The Morgan fingerprint density at radius 1 is 1.17 bits per heavy atom. The molecule has 2 amide bonds. The molecule has 1 N–H and O–H groups in total. The molecule has 0 unspecified atom stereocenters. The molecule has 1 aliphatic heterocycles. The Morgan fingerprint density at radius 3 is 2.62 bits per heavy atom. The number of nitrogens with zero attached hydrogens (tertiary/aromatic N) is 1. The molecule has 0 radical (unpaired) electrons. The predicted molar refractivity (Wildman–Crippen MR) is 93.3 cm³/mol. The molecule has 0 bridgehead atoms. The first-order valence-corrected chi connectivity index (χ1v) is 7.98. The van der Waals surface area contributed by atoms with Gasteiger partial charge in [0.1, 0.15) is 5.75 Å². The highest BCUT2D eigenvalue weighted by molar-refractivity contribution is 5.96. The van der Waals surface area contributed by atoms with Gasteiger partial charge in [0, 0.05) is 24.8 Å². The lowest BCUT2D eigenvalue weighted by Gasteiger charge is -2.16. The highest BCUT2D eigenvalue weighted by Gasteiger charge is 2.23. The molecule has 5 heteroatoms. The second kappa shape index (κ2) is 6.74. The highest BCUT2D eigenvalue weighted by atomic mass is 16.5. The lowest BCUT2D eigenvalue weighted by atomic mass is 10.1. The fraction of sp³-hybridized carbons (Fsp3) is 0.263. The third-order valence-electron chi connectivity index (χ3n) is 4.05. The lowest BCUT2D eigenvalue weighted by Crippen LogP contribution is -2.30. The van der Waals surface area contributed by atoms with Crippen LogP contribution in [-0.2, 0) is 16.0 Å². The predicted octanol–water partition coefficient (Wildman–Crippen LogP) is 3.00. The van der Waals surface area contributed by atoms with Crippen LogP contribution < -0.4 is 15.0 Å². The second-order valence-corrected chi connectivity index (χ2v) is 5.83. The van der Waals surface area contributed by atoms with E-state index in [2.05, 4.69) is 5.32 Å². The fourth-order valence-corrected chi connectivity index (χ4v) is 2.81. The minimum Gasteiger partial charge on any atom is -0.481 e. The van der Waals surface area contributed by atoms with E-state index in [1.807, 2.05) is 48.5 Å². The largest absolute Gasteiger partial charge is 0.481 e. The van der Waals surface area contributed by atoms with Crippen LogP contribution in [-0.4, -0.2) is 24.5 Å². The van der Waals surface area contributed by atoms with E-state index >= 15 is 0 Å². The fourth-order valence-electron chi connectivity index (χ4n) is 2.81. The molecule has 0 saturated carbocycles. The summed E-state index contributed by atoms with van der Waals surface area (Å²) in [5, 5.41) is 2.87. The summed E-state index contributed by atoms with van der Waals surface area (Å²) in [5.41, 5.74) is 2.71. The van der Waals surface area contributed by atoms with Gasteiger partial charge in [-0.1, -0.05) is 18.2 Å². The molecular formula is C19H20N2O3. The first-order chi connectivity index (χ1) is 11.5. The Balaban J connectivity index is 1.66. The molecule has 2 aromatic rings. The average Bonchev–Trinajstić information content (AvgIpc) is 2.99. The number of nitrogens with one attached hydrogen (secondary N) is 1. The van der Waals surface area contributed by atoms with E-state index in [1.165, 1.54) is 0 Å². The molecule has 0 spiro atoms. The van der Waals surface area contributed by atoms with E-state index in [9.17, 15) is 9.59 Å². The first-order valence-electron chi connectivity index (χ1n) is 7.98. The summed E-state index contributed by atoms with van der Waals surface area (Å²) in [6, 6.07) is 14.9. The summed E-state index contributed by atoms with van der Waals surface area (Å²) in [7, 11) is 0. The first kappa shape index (κ1) is 16.1. The van der Waals surface area contributed by atoms with Crippen molar-refractivity contribution in [3.8, 4) is 5.75 Å². The van der Waals surface area contributed by atoms with E-state index in [0.717, 1.165) is 17.7 Å². The van der Waals surface area contributed by atoms with Crippen LogP contribution in [0.4, 0.5) is 11.4 Å². The topological polar surface area (TPSA) is 58.6 Å². The number of anilines is 2. The molecule has 1 atom stereocenters. The number of carbonyl (C=O) groups is 2. The van der Waals surface area contributed by atoms with E-state index < -0.39 is 6.10 Å². The minimum absolute atomic E-state index is 0.0374. The summed E-state index contributed by atoms with van der Waals surface area (Å²) >= 11 is 0. The van der Waals surface area contributed by atoms with Crippen LogP contribution in [0.3, 0.4) is 0 Å². The third kappa shape index (κ3) is 3.40. The van der Waals surface area contributed by atoms with Crippen LogP contribution in [0.25, 0.3) is 0 Å². The van der Waals surface area contributed by atoms with Crippen molar-refractivity contribution in [3.63, 3.8) is 0 Å². The molecule has 1 aliphatic rings. The summed E-state index contributed by atoms with van der Waals surface area (Å²) in [5.74, 6) is 0.488. The Morgan fingerprint density at radius 2 is 1.92 bits per heavy atom. The zero-order valence-electron chi connectivity index (χ0n) is 13.8. The Kier molecular flexibility index (Phi) is 4.51. The van der Waals surface area contributed by atoms with Gasteiger partial charge in [-0.15, -0.1) is 0 Å². The number of amides is 2. The van der Waals surface area contributed by atoms with E-state index in [0.29, 0.717) is 18.0 Å². The molecule has 3 rings (SSSR count). The Labute approximate surface area is 141 Å². The van der Waals surface area contributed by atoms with Gasteiger partial charge < -0.3 is 15.0 Å². The van der Waals surface area contributed by atoms with Crippen molar-refractivity contribution in [1.29, 1.82) is 0 Å². The second-order valence-electron chi connectivity index (χ2n) is 5.83. The maximum Gasteiger partial charge on any atom is 0.265 e. The summed E-state index contributed by atoms with van der Waals surface area (Å²) in [4.78, 5) is 25.6. The molecule has 0 aliphatic carbocycles. The van der Waals surface area contributed by atoms with Gasteiger partial charge in [0.05, 0.1) is 0 Å². The van der Waals surface area contributed by atoms with Crippen LogP contribution in [0.2, 0.25) is 0 Å². The van der Waals surface area contributed by atoms with Crippen LogP contribution in [0.5, 0.6) is 5.75 Å². The number of hydrogen-bond acceptors (Lipinski definition) is 3. The van der Waals surface area contributed by atoms with Crippen LogP contribution in [0, 0.1) is 0 Å². The van der Waals surface area contributed by atoms with Gasteiger partial charge in [0.2, 0.25) is 5.91 Å².